The van der Waals surface area contributed by atoms with E-state index in [0.717, 1.165) is 6.42 Å². The average Bonchev–Trinajstić information content (AvgIpc) is 2.35. The van der Waals surface area contributed by atoms with Crippen molar-refractivity contribution in [2.24, 2.45) is 5.92 Å². The summed E-state index contributed by atoms with van der Waals surface area (Å²) in [7, 11) is 1.64. The molecule has 1 amide bonds. The van der Waals surface area contributed by atoms with Crippen LogP contribution in [0, 0.1) is 17.2 Å². The van der Waals surface area contributed by atoms with E-state index in [4.69, 9.17) is 5.26 Å². The minimum absolute atomic E-state index is 0.192. The molecule has 0 saturated heterocycles. The van der Waals surface area contributed by atoms with Crippen LogP contribution in [0.3, 0.4) is 0 Å². The molecule has 0 aromatic carbocycles. The molecule has 0 N–H and O–H groups in total. The van der Waals surface area contributed by atoms with E-state index in [-0.39, 0.29) is 5.91 Å². The summed E-state index contributed by atoms with van der Waals surface area (Å²) >= 11 is 0. The van der Waals surface area contributed by atoms with Crippen LogP contribution in [0.5, 0.6) is 0 Å². The van der Waals surface area contributed by atoms with Gasteiger partial charge in [-0.3, -0.25) is 9.69 Å². The van der Waals surface area contributed by atoms with Gasteiger partial charge in [-0.1, -0.05) is 19.4 Å². The number of carbonyl (C=O) groups excluding carboxylic acids is 1. The minimum atomic E-state index is -0.572. The lowest BCUT2D eigenvalue weighted by atomic mass is 10.0. The van der Waals surface area contributed by atoms with Gasteiger partial charge in [0.15, 0.2) is 0 Å². The molecule has 1 heterocycles. The van der Waals surface area contributed by atoms with Crippen molar-refractivity contribution in [1.29, 1.82) is 5.26 Å². The fourth-order valence-corrected chi connectivity index (χ4v) is 1.43. The lowest BCUT2D eigenvalue weighted by Gasteiger charge is -2.18. The van der Waals surface area contributed by atoms with Gasteiger partial charge < -0.3 is 0 Å². The Hall–Kier alpha value is -1.89. The standard InChI is InChI=1S/C12H15N3O/c1-3-6-10(9-13)12(16)15(2)11-7-4-5-8-14-11/h4-5,7-8,10H,3,6H2,1-2H3. The fraction of sp³-hybridized carbons (Fsp3) is 0.417. The lowest BCUT2D eigenvalue weighted by Crippen LogP contribution is -2.32. The maximum Gasteiger partial charge on any atom is 0.245 e. The number of anilines is 1. The van der Waals surface area contributed by atoms with E-state index >= 15 is 0 Å². The number of pyridine rings is 1. The Balaban J connectivity index is 2.78. The molecule has 16 heavy (non-hydrogen) atoms. The molecule has 0 aliphatic carbocycles. The molecule has 0 bridgehead atoms. The van der Waals surface area contributed by atoms with Crippen LogP contribution in [-0.4, -0.2) is 17.9 Å². The van der Waals surface area contributed by atoms with E-state index in [0.29, 0.717) is 12.2 Å². The number of rotatable bonds is 4. The Morgan fingerprint density at radius 2 is 2.38 bits per heavy atom. The summed E-state index contributed by atoms with van der Waals surface area (Å²) < 4.78 is 0. The number of hydrogen-bond donors (Lipinski definition) is 0. The van der Waals surface area contributed by atoms with Gasteiger partial charge in [0.2, 0.25) is 5.91 Å². The molecule has 0 saturated carbocycles. The first kappa shape index (κ1) is 12.2. The topological polar surface area (TPSA) is 57.0 Å². The second-order valence-electron chi connectivity index (χ2n) is 3.56. The zero-order valence-corrected chi connectivity index (χ0v) is 9.55. The summed E-state index contributed by atoms with van der Waals surface area (Å²) in [4.78, 5) is 17.4. The van der Waals surface area contributed by atoms with Crippen molar-refractivity contribution in [3.63, 3.8) is 0 Å². The van der Waals surface area contributed by atoms with Gasteiger partial charge in [0.25, 0.3) is 0 Å². The zero-order valence-electron chi connectivity index (χ0n) is 9.55. The van der Waals surface area contributed by atoms with Gasteiger partial charge in [-0.25, -0.2) is 4.98 Å². The SMILES string of the molecule is CCCC(C#N)C(=O)N(C)c1ccccn1. The van der Waals surface area contributed by atoms with Crippen LogP contribution >= 0.6 is 0 Å². The highest BCUT2D eigenvalue weighted by molar-refractivity contribution is 5.95. The zero-order chi connectivity index (χ0) is 12.0. The van der Waals surface area contributed by atoms with Crippen LogP contribution in [0.15, 0.2) is 24.4 Å². The number of aromatic nitrogens is 1. The average molecular weight is 217 g/mol. The molecule has 0 radical (unpaired) electrons. The molecule has 1 atom stereocenters. The van der Waals surface area contributed by atoms with E-state index in [1.54, 1.807) is 25.4 Å². The molecule has 1 rings (SSSR count). The maximum absolute atomic E-state index is 11.9. The Kier molecular flexibility index (Phi) is 4.46. The molecular weight excluding hydrogens is 202 g/mol. The van der Waals surface area contributed by atoms with E-state index in [1.165, 1.54) is 4.90 Å². The van der Waals surface area contributed by atoms with Crippen LogP contribution < -0.4 is 4.90 Å². The highest BCUT2D eigenvalue weighted by Gasteiger charge is 2.22. The summed E-state index contributed by atoms with van der Waals surface area (Å²) in [5, 5.41) is 8.91. The Bertz CT molecular complexity index is 383. The Morgan fingerprint density at radius 3 is 2.88 bits per heavy atom. The second kappa shape index (κ2) is 5.86. The Labute approximate surface area is 95.5 Å². The summed E-state index contributed by atoms with van der Waals surface area (Å²) in [5.41, 5.74) is 0. The van der Waals surface area contributed by atoms with Crippen LogP contribution in [0.2, 0.25) is 0 Å². The van der Waals surface area contributed by atoms with Gasteiger partial charge in [0, 0.05) is 13.2 Å². The molecule has 4 nitrogen and oxygen atoms in total. The van der Waals surface area contributed by atoms with Crippen molar-refractivity contribution in [2.45, 2.75) is 19.8 Å². The first-order valence-corrected chi connectivity index (χ1v) is 5.29. The number of hydrogen-bond acceptors (Lipinski definition) is 3. The predicted molar refractivity (Wildman–Crippen MR) is 61.7 cm³/mol. The highest BCUT2D eigenvalue weighted by Crippen LogP contribution is 2.14. The third kappa shape index (κ3) is 2.80. The molecule has 0 fully saturated rings. The van der Waals surface area contributed by atoms with Crippen molar-refractivity contribution < 1.29 is 4.79 Å². The van der Waals surface area contributed by atoms with Crippen molar-refractivity contribution in [3.8, 4) is 6.07 Å². The summed E-state index contributed by atoms with van der Waals surface area (Å²) in [6, 6.07) is 7.38. The molecule has 84 valence electrons. The van der Waals surface area contributed by atoms with Crippen molar-refractivity contribution in [2.75, 3.05) is 11.9 Å². The van der Waals surface area contributed by atoms with Gasteiger partial charge in [-0.2, -0.15) is 5.26 Å². The number of amides is 1. The summed E-state index contributed by atoms with van der Waals surface area (Å²) in [6.45, 7) is 1.96. The second-order valence-corrected chi connectivity index (χ2v) is 3.56. The molecule has 1 aromatic heterocycles. The smallest absolute Gasteiger partial charge is 0.245 e. The molecule has 0 aliphatic rings. The highest BCUT2D eigenvalue weighted by atomic mass is 16.2. The first-order valence-electron chi connectivity index (χ1n) is 5.29. The van der Waals surface area contributed by atoms with Gasteiger partial charge in [0.05, 0.1) is 6.07 Å². The van der Waals surface area contributed by atoms with Crippen molar-refractivity contribution >= 4 is 11.7 Å². The van der Waals surface area contributed by atoms with Crippen LogP contribution in [-0.2, 0) is 4.79 Å². The molecule has 0 spiro atoms. The largest absolute Gasteiger partial charge is 0.299 e. The predicted octanol–water partition coefficient (Wildman–Crippen LogP) is 1.98. The third-order valence-corrected chi connectivity index (χ3v) is 2.35. The lowest BCUT2D eigenvalue weighted by molar-refractivity contribution is -0.120. The maximum atomic E-state index is 11.9. The first-order chi connectivity index (χ1) is 7.70. The number of nitriles is 1. The van der Waals surface area contributed by atoms with Crippen molar-refractivity contribution in [1.82, 2.24) is 4.98 Å². The normalized spacial score (nSPS) is 11.6. The molecule has 0 aliphatic heterocycles. The minimum Gasteiger partial charge on any atom is -0.299 e. The molecular formula is C12H15N3O. The van der Waals surface area contributed by atoms with Crippen LogP contribution in [0.1, 0.15) is 19.8 Å². The molecule has 1 unspecified atom stereocenters. The van der Waals surface area contributed by atoms with Gasteiger partial charge in [0.1, 0.15) is 11.7 Å². The van der Waals surface area contributed by atoms with Crippen molar-refractivity contribution in [3.05, 3.63) is 24.4 Å². The number of carbonyl (C=O) groups is 1. The Morgan fingerprint density at radius 1 is 1.62 bits per heavy atom. The monoisotopic (exact) mass is 217 g/mol. The van der Waals surface area contributed by atoms with E-state index < -0.39 is 5.92 Å². The van der Waals surface area contributed by atoms with E-state index in [1.807, 2.05) is 19.1 Å². The quantitative estimate of drug-likeness (QED) is 0.774. The summed E-state index contributed by atoms with van der Waals surface area (Å²) in [6.07, 6.45) is 3.03. The van der Waals surface area contributed by atoms with Crippen LogP contribution in [0.25, 0.3) is 0 Å². The number of nitrogens with zero attached hydrogens (tertiary/aromatic N) is 3. The summed E-state index contributed by atoms with van der Waals surface area (Å²) in [5.74, 6) is -0.191. The van der Waals surface area contributed by atoms with Crippen LogP contribution in [0.4, 0.5) is 5.82 Å². The van der Waals surface area contributed by atoms with Gasteiger partial charge in [-0.15, -0.1) is 0 Å². The molecule has 1 aromatic rings. The van der Waals surface area contributed by atoms with E-state index in [9.17, 15) is 4.79 Å². The molecule has 4 heteroatoms. The van der Waals surface area contributed by atoms with Gasteiger partial charge in [-0.05, 0) is 18.6 Å². The van der Waals surface area contributed by atoms with E-state index in [2.05, 4.69) is 4.98 Å². The fourth-order valence-electron chi connectivity index (χ4n) is 1.43. The third-order valence-electron chi connectivity index (χ3n) is 2.35. The van der Waals surface area contributed by atoms with Gasteiger partial charge >= 0.3 is 0 Å².